The predicted molar refractivity (Wildman–Crippen MR) is 72.4 cm³/mol. The molecule has 20 heavy (non-hydrogen) atoms. The third-order valence-electron chi connectivity index (χ3n) is 4.61. The van der Waals surface area contributed by atoms with Crippen LogP contribution in [-0.2, 0) is 0 Å². The van der Waals surface area contributed by atoms with E-state index < -0.39 is 24.1 Å². The van der Waals surface area contributed by atoms with Gasteiger partial charge in [-0.3, -0.25) is 0 Å². The van der Waals surface area contributed by atoms with Gasteiger partial charge in [-0.25, -0.2) is 0 Å². The minimum atomic E-state index is -4.22. The first-order valence-electron chi connectivity index (χ1n) is 7.13. The fourth-order valence-corrected chi connectivity index (χ4v) is 3.27. The fraction of sp³-hybridized carbons (Fsp3) is 0.625. The Labute approximate surface area is 117 Å². The molecule has 112 valence electrons. The van der Waals surface area contributed by atoms with Crippen molar-refractivity contribution in [3.05, 3.63) is 34.9 Å². The zero-order valence-corrected chi connectivity index (χ0v) is 11.9. The Morgan fingerprint density at radius 3 is 2.45 bits per heavy atom. The minimum absolute atomic E-state index is 0.135. The van der Waals surface area contributed by atoms with Gasteiger partial charge < -0.3 is 5.11 Å². The second kappa shape index (κ2) is 5.76. The van der Waals surface area contributed by atoms with Crippen molar-refractivity contribution < 1.29 is 18.3 Å². The lowest BCUT2D eigenvalue weighted by Crippen LogP contribution is -2.36. The highest BCUT2D eigenvalue weighted by atomic mass is 19.4. The van der Waals surface area contributed by atoms with Gasteiger partial charge in [0.1, 0.15) is 0 Å². The van der Waals surface area contributed by atoms with Crippen LogP contribution in [0.1, 0.15) is 48.5 Å². The Bertz CT molecular complexity index is 467. The van der Waals surface area contributed by atoms with Crippen LogP contribution in [0.5, 0.6) is 0 Å². The van der Waals surface area contributed by atoms with E-state index in [0.29, 0.717) is 18.4 Å². The lowest BCUT2D eigenvalue weighted by Gasteiger charge is -2.36. The third-order valence-corrected chi connectivity index (χ3v) is 4.61. The molecule has 0 spiro atoms. The predicted octanol–water partition coefficient (Wildman–Crippen LogP) is 4.71. The van der Waals surface area contributed by atoms with E-state index in [4.69, 9.17) is 0 Å². The Morgan fingerprint density at radius 1 is 1.15 bits per heavy atom. The zero-order chi connectivity index (χ0) is 14.9. The summed E-state index contributed by atoms with van der Waals surface area (Å²) >= 11 is 0. The molecule has 2 rings (SSSR count). The van der Waals surface area contributed by atoms with Crippen molar-refractivity contribution in [2.75, 3.05) is 0 Å². The highest BCUT2D eigenvalue weighted by Crippen LogP contribution is 2.47. The van der Waals surface area contributed by atoms with E-state index in [1.165, 1.54) is 0 Å². The molecule has 0 aromatic heterocycles. The van der Waals surface area contributed by atoms with Gasteiger partial charge in [-0.15, -0.1) is 0 Å². The van der Waals surface area contributed by atoms with Crippen LogP contribution in [0.2, 0.25) is 0 Å². The summed E-state index contributed by atoms with van der Waals surface area (Å²) in [4.78, 5) is 0. The van der Waals surface area contributed by atoms with Gasteiger partial charge in [-0.2, -0.15) is 13.2 Å². The average Bonchev–Trinajstić information content (AvgIpc) is 2.40. The van der Waals surface area contributed by atoms with Crippen molar-refractivity contribution in [3.63, 3.8) is 0 Å². The lowest BCUT2D eigenvalue weighted by atomic mass is 9.73. The summed E-state index contributed by atoms with van der Waals surface area (Å²) in [5.41, 5.74) is 2.54. The van der Waals surface area contributed by atoms with Gasteiger partial charge >= 0.3 is 6.18 Å². The second-order valence-electron chi connectivity index (χ2n) is 5.83. The van der Waals surface area contributed by atoms with E-state index in [0.717, 1.165) is 17.5 Å². The monoisotopic (exact) mass is 286 g/mol. The van der Waals surface area contributed by atoms with Crippen LogP contribution in [0.4, 0.5) is 13.2 Å². The molecule has 1 fully saturated rings. The molecule has 3 atom stereocenters. The van der Waals surface area contributed by atoms with Gasteiger partial charge in [0.25, 0.3) is 0 Å². The fourth-order valence-electron chi connectivity index (χ4n) is 3.27. The summed E-state index contributed by atoms with van der Waals surface area (Å²) in [6.07, 6.45) is -3.31. The number of aryl methyl sites for hydroxylation is 1. The highest BCUT2D eigenvalue weighted by molar-refractivity contribution is 5.35. The van der Waals surface area contributed by atoms with Gasteiger partial charge in [0, 0.05) is 5.92 Å². The van der Waals surface area contributed by atoms with E-state index in [9.17, 15) is 18.3 Å². The Kier molecular flexibility index (Phi) is 4.43. The first-order valence-corrected chi connectivity index (χ1v) is 7.13. The molecule has 0 radical (unpaired) electrons. The van der Waals surface area contributed by atoms with Crippen molar-refractivity contribution in [3.8, 4) is 0 Å². The number of aliphatic hydroxyl groups is 1. The van der Waals surface area contributed by atoms with Crippen molar-refractivity contribution in [1.82, 2.24) is 0 Å². The van der Waals surface area contributed by atoms with E-state index in [-0.39, 0.29) is 6.42 Å². The first kappa shape index (κ1) is 15.4. The van der Waals surface area contributed by atoms with Crippen LogP contribution in [0, 0.1) is 25.7 Å². The molecule has 1 aromatic rings. The molecule has 0 heterocycles. The summed E-state index contributed by atoms with van der Waals surface area (Å²) < 4.78 is 39.4. The molecule has 1 aliphatic carbocycles. The summed E-state index contributed by atoms with van der Waals surface area (Å²) in [7, 11) is 0. The van der Waals surface area contributed by atoms with Crippen LogP contribution in [-0.4, -0.2) is 11.3 Å². The average molecular weight is 286 g/mol. The van der Waals surface area contributed by atoms with Gasteiger partial charge in [0.15, 0.2) is 0 Å². The maximum atomic E-state index is 13.1. The standard InChI is InChI=1S/C16H21F3O/c1-10-6-5-8-12(11(10)2)15(20)13-7-3-4-9-14(13)16(17,18)19/h5-6,8,13-15,20H,3-4,7,9H2,1-2H3. The molecular weight excluding hydrogens is 265 g/mol. The number of hydrogen-bond acceptors (Lipinski definition) is 1. The number of hydrogen-bond donors (Lipinski definition) is 1. The molecule has 1 aromatic carbocycles. The van der Waals surface area contributed by atoms with E-state index in [1.54, 1.807) is 12.1 Å². The largest absolute Gasteiger partial charge is 0.392 e. The first-order chi connectivity index (χ1) is 9.32. The molecule has 1 nitrogen and oxygen atoms in total. The molecule has 1 aliphatic rings. The highest BCUT2D eigenvalue weighted by Gasteiger charge is 2.48. The smallest absolute Gasteiger partial charge is 0.388 e. The van der Waals surface area contributed by atoms with Gasteiger partial charge in [0.05, 0.1) is 12.0 Å². The second-order valence-corrected chi connectivity index (χ2v) is 5.83. The molecule has 0 amide bonds. The molecule has 0 aliphatic heterocycles. The normalized spacial score (nSPS) is 25.5. The number of rotatable bonds is 2. The summed E-state index contributed by atoms with van der Waals surface area (Å²) in [6, 6.07) is 5.45. The molecule has 4 heteroatoms. The van der Waals surface area contributed by atoms with Crippen LogP contribution in [0.15, 0.2) is 18.2 Å². The third kappa shape index (κ3) is 3.00. The van der Waals surface area contributed by atoms with Gasteiger partial charge in [-0.05, 0) is 43.4 Å². The van der Waals surface area contributed by atoms with E-state index in [2.05, 4.69) is 0 Å². The van der Waals surface area contributed by atoms with Crippen molar-refractivity contribution in [1.29, 1.82) is 0 Å². The SMILES string of the molecule is Cc1cccc(C(O)C2CCCCC2C(F)(F)F)c1C. The summed E-state index contributed by atoms with van der Waals surface area (Å²) in [5, 5.41) is 10.5. The van der Waals surface area contributed by atoms with E-state index >= 15 is 0 Å². The molecule has 0 saturated heterocycles. The van der Waals surface area contributed by atoms with E-state index in [1.807, 2.05) is 19.9 Å². The number of halogens is 3. The topological polar surface area (TPSA) is 20.2 Å². The molecule has 1 saturated carbocycles. The van der Waals surface area contributed by atoms with Crippen molar-refractivity contribution >= 4 is 0 Å². The maximum absolute atomic E-state index is 13.1. The Morgan fingerprint density at radius 2 is 1.80 bits per heavy atom. The lowest BCUT2D eigenvalue weighted by molar-refractivity contribution is -0.207. The molecule has 0 bridgehead atoms. The van der Waals surface area contributed by atoms with Crippen molar-refractivity contribution in [2.45, 2.75) is 51.8 Å². The van der Waals surface area contributed by atoms with Crippen LogP contribution >= 0.6 is 0 Å². The molecule has 1 N–H and O–H groups in total. The summed E-state index contributed by atoms with van der Waals surface area (Å²) in [5.74, 6) is -2.10. The van der Waals surface area contributed by atoms with Gasteiger partial charge in [0.2, 0.25) is 0 Å². The number of benzene rings is 1. The quantitative estimate of drug-likeness (QED) is 0.835. The van der Waals surface area contributed by atoms with Crippen LogP contribution < -0.4 is 0 Å². The Hall–Kier alpha value is -1.03. The number of aliphatic hydroxyl groups excluding tert-OH is 1. The van der Waals surface area contributed by atoms with Crippen LogP contribution in [0.25, 0.3) is 0 Å². The van der Waals surface area contributed by atoms with Crippen LogP contribution in [0.3, 0.4) is 0 Å². The Balaban J connectivity index is 2.30. The summed E-state index contributed by atoms with van der Waals surface area (Å²) in [6.45, 7) is 3.77. The zero-order valence-electron chi connectivity index (χ0n) is 11.9. The molecule has 3 unspecified atom stereocenters. The van der Waals surface area contributed by atoms with Gasteiger partial charge in [-0.1, -0.05) is 31.0 Å². The minimum Gasteiger partial charge on any atom is -0.388 e. The molecular formula is C16H21F3O. The van der Waals surface area contributed by atoms with Crippen molar-refractivity contribution in [2.24, 2.45) is 11.8 Å². The maximum Gasteiger partial charge on any atom is 0.392 e. The number of alkyl halides is 3.